The summed E-state index contributed by atoms with van der Waals surface area (Å²) in [6.45, 7) is 3.72. The molecule has 0 N–H and O–H groups in total. The Balaban J connectivity index is 3.28. The highest BCUT2D eigenvalue weighted by Crippen LogP contribution is 2.30. The summed E-state index contributed by atoms with van der Waals surface area (Å²) in [5.74, 6) is 0. The number of carbonyl (C=O) groups is 1. The van der Waals surface area contributed by atoms with Crippen LogP contribution in [0.2, 0.25) is 5.02 Å². The number of aldehydes is 1. The van der Waals surface area contributed by atoms with Gasteiger partial charge >= 0.3 is 0 Å². The molecule has 0 spiro atoms. The van der Waals surface area contributed by atoms with Crippen molar-refractivity contribution in [2.45, 2.75) is 19.3 Å². The lowest BCUT2D eigenvalue weighted by Gasteiger charge is -2.19. The zero-order valence-electron chi connectivity index (χ0n) is 7.47. The molecule has 0 atom stereocenters. The van der Waals surface area contributed by atoms with Crippen molar-refractivity contribution in [1.29, 1.82) is 0 Å². The molecule has 3 heteroatoms. The van der Waals surface area contributed by atoms with Crippen LogP contribution in [0.1, 0.15) is 19.4 Å². The summed E-state index contributed by atoms with van der Waals surface area (Å²) in [6, 6.07) is 5.44. The van der Waals surface area contributed by atoms with Crippen LogP contribution in [0.25, 0.3) is 0 Å². The molecule has 13 heavy (non-hydrogen) atoms. The van der Waals surface area contributed by atoms with E-state index in [1.54, 1.807) is 12.1 Å². The zero-order chi connectivity index (χ0) is 10.1. The first-order valence-corrected chi connectivity index (χ1v) is 5.06. The maximum Gasteiger partial charge on any atom is 0.130 e. The van der Waals surface area contributed by atoms with E-state index >= 15 is 0 Å². The summed E-state index contributed by atoms with van der Waals surface area (Å²) < 4.78 is 0.911. The Morgan fingerprint density at radius 1 is 1.46 bits per heavy atom. The summed E-state index contributed by atoms with van der Waals surface area (Å²) in [4.78, 5) is 10.8. The van der Waals surface area contributed by atoms with Gasteiger partial charge in [-0.15, -0.1) is 0 Å². The Kier molecular flexibility index (Phi) is 3.14. The fraction of sp³-hybridized carbons (Fsp3) is 0.300. The predicted octanol–water partition coefficient (Wildman–Crippen LogP) is 3.58. The first kappa shape index (κ1) is 10.7. The summed E-state index contributed by atoms with van der Waals surface area (Å²) in [6.07, 6.45) is 0.920. The minimum atomic E-state index is -0.496. The second kappa shape index (κ2) is 3.81. The van der Waals surface area contributed by atoms with Crippen molar-refractivity contribution in [3.8, 4) is 0 Å². The van der Waals surface area contributed by atoms with Gasteiger partial charge in [-0.3, -0.25) is 0 Å². The van der Waals surface area contributed by atoms with E-state index in [9.17, 15) is 4.79 Å². The van der Waals surface area contributed by atoms with E-state index in [0.29, 0.717) is 5.02 Å². The van der Waals surface area contributed by atoms with Crippen LogP contribution >= 0.6 is 27.5 Å². The highest BCUT2D eigenvalue weighted by atomic mass is 79.9. The molecule has 1 aromatic carbocycles. The van der Waals surface area contributed by atoms with Crippen molar-refractivity contribution in [3.05, 3.63) is 33.3 Å². The molecule has 0 heterocycles. The van der Waals surface area contributed by atoms with Gasteiger partial charge in [0, 0.05) is 14.9 Å². The van der Waals surface area contributed by atoms with Crippen molar-refractivity contribution in [2.75, 3.05) is 0 Å². The quantitative estimate of drug-likeness (QED) is 0.744. The minimum absolute atomic E-state index is 0.496. The van der Waals surface area contributed by atoms with Gasteiger partial charge in [0.05, 0.1) is 0 Å². The van der Waals surface area contributed by atoms with Gasteiger partial charge in [-0.05, 0) is 37.6 Å². The molecule has 70 valence electrons. The van der Waals surface area contributed by atoms with Crippen LogP contribution in [-0.2, 0) is 10.2 Å². The lowest BCUT2D eigenvalue weighted by Crippen LogP contribution is -2.19. The Hall–Kier alpha value is -0.340. The Labute approximate surface area is 91.2 Å². The molecule has 1 nitrogen and oxygen atoms in total. The second-order valence-electron chi connectivity index (χ2n) is 3.46. The molecule has 0 radical (unpaired) electrons. The topological polar surface area (TPSA) is 17.1 Å². The van der Waals surface area contributed by atoms with E-state index in [0.717, 1.165) is 16.3 Å². The van der Waals surface area contributed by atoms with E-state index < -0.39 is 5.41 Å². The molecule has 1 aromatic rings. The van der Waals surface area contributed by atoms with Gasteiger partial charge in [0.2, 0.25) is 0 Å². The third-order valence-electron chi connectivity index (χ3n) is 1.92. The predicted molar refractivity (Wildman–Crippen MR) is 58.2 cm³/mol. The Bertz CT molecular complexity index is 334. The Morgan fingerprint density at radius 2 is 2.08 bits per heavy atom. The van der Waals surface area contributed by atoms with E-state index in [2.05, 4.69) is 15.9 Å². The Morgan fingerprint density at radius 3 is 2.62 bits per heavy atom. The molecule has 0 aliphatic rings. The van der Waals surface area contributed by atoms with Gasteiger partial charge in [-0.25, -0.2) is 0 Å². The van der Waals surface area contributed by atoms with Gasteiger partial charge in [-0.2, -0.15) is 0 Å². The van der Waals surface area contributed by atoms with Crippen LogP contribution in [0.5, 0.6) is 0 Å². The molecule has 0 fully saturated rings. The fourth-order valence-corrected chi connectivity index (χ4v) is 1.98. The SMILES string of the molecule is CC(C)(C=O)c1cc(Cl)ccc1Br. The van der Waals surface area contributed by atoms with Gasteiger partial charge in [0.25, 0.3) is 0 Å². The average Bonchev–Trinajstić information content (AvgIpc) is 2.09. The highest BCUT2D eigenvalue weighted by Gasteiger charge is 2.22. The number of rotatable bonds is 2. The first-order chi connectivity index (χ1) is 5.97. The number of hydrogen-bond donors (Lipinski definition) is 0. The van der Waals surface area contributed by atoms with Crippen molar-refractivity contribution < 1.29 is 4.79 Å². The lowest BCUT2D eigenvalue weighted by molar-refractivity contribution is -0.111. The molecule has 0 aliphatic heterocycles. The first-order valence-electron chi connectivity index (χ1n) is 3.89. The van der Waals surface area contributed by atoms with Gasteiger partial charge in [0.1, 0.15) is 6.29 Å². The summed E-state index contributed by atoms with van der Waals surface area (Å²) >= 11 is 9.23. The number of benzene rings is 1. The van der Waals surface area contributed by atoms with Gasteiger partial charge < -0.3 is 4.79 Å². The molecule has 0 unspecified atom stereocenters. The molecule has 0 amide bonds. The molecule has 0 bridgehead atoms. The van der Waals surface area contributed by atoms with Crippen LogP contribution in [0.3, 0.4) is 0 Å². The summed E-state index contributed by atoms with van der Waals surface area (Å²) in [5.41, 5.74) is 0.416. The van der Waals surface area contributed by atoms with Crippen LogP contribution < -0.4 is 0 Å². The van der Waals surface area contributed by atoms with E-state index in [1.807, 2.05) is 19.9 Å². The zero-order valence-corrected chi connectivity index (χ0v) is 9.82. The molecule has 0 aliphatic carbocycles. The van der Waals surface area contributed by atoms with Crippen molar-refractivity contribution in [2.24, 2.45) is 0 Å². The molecule has 0 saturated carbocycles. The van der Waals surface area contributed by atoms with Gasteiger partial charge in [0.15, 0.2) is 0 Å². The molecular formula is C10H10BrClO. The van der Waals surface area contributed by atoms with Gasteiger partial charge in [-0.1, -0.05) is 27.5 Å². The monoisotopic (exact) mass is 260 g/mol. The normalized spacial score (nSPS) is 11.4. The van der Waals surface area contributed by atoms with Crippen molar-refractivity contribution >= 4 is 33.8 Å². The number of hydrogen-bond acceptors (Lipinski definition) is 1. The van der Waals surface area contributed by atoms with Crippen molar-refractivity contribution in [1.82, 2.24) is 0 Å². The fourth-order valence-electron chi connectivity index (χ4n) is 1.05. The summed E-state index contributed by atoms with van der Waals surface area (Å²) in [5, 5.41) is 0.646. The summed E-state index contributed by atoms with van der Waals surface area (Å²) in [7, 11) is 0. The highest BCUT2D eigenvalue weighted by molar-refractivity contribution is 9.10. The standard InChI is InChI=1S/C10H10BrClO/c1-10(2,6-13)8-5-7(12)3-4-9(8)11/h3-6H,1-2H3. The third-order valence-corrected chi connectivity index (χ3v) is 2.84. The van der Waals surface area contributed by atoms with Crippen molar-refractivity contribution in [3.63, 3.8) is 0 Å². The number of halogens is 2. The van der Waals surface area contributed by atoms with Crippen LogP contribution in [0, 0.1) is 0 Å². The lowest BCUT2D eigenvalue weighted by atomic mass is 9.86. The largest absolute Gasteiger partial charge is 0.302 e. The van der Waals surface area contributed by atoms with E-state index in [-0.39, 0.29) is 0 Å². The van der Waals surface area contributed by atoms with Crippen LogP contribution in [-0.4, -0.2) is 6.29 Å². The maximum absolute atomic E-state index is 10.8. The van der Waals surface area contributed by atoms with Crippen LogP contribution in [0.4, 0.5) is 0 Å². The number of carbonyl (C=O) groups excluding carboxylic acids is 1. The molecule has 1 rings (SSSR count). The molecular weight excluding hydrogens is 251 g/mol. The molecule has 0 aromatic heterocycles. The maximum atomic E-state index is 10.8. The molecule has 0 saturated heterocycles. The average molecular weight is 262 g/mol. The van der Waals surface area contributed by atoms with E-state index in [4.69, 9.17) is 11.6 Å². The minimum Gasteiger partial charge on any atom is -0.302 e. The van der Waals surface area contributed by atoms with E-state index in [1.165, 1.54) is 0 Å². The third kappa shape index (κ3) is 2.32. The van der Waals surface area contributed by atoms with Crippen LogP contribution in [0.15, 0.2) is 22.7 Å². The second-order valence-corrected chi connectivity index (χ2v) is 4.75. The smallest absolute Gasteiger partial charge is 0.130 e.